The molecule has 0 aromatic rings. The average Bonchev–Trinajstić information content (AvgIpc) is 2.16. The Hall–Kier alpha value is -0.222. The van der Waals surface area contributed by atoms with Crippen LogP contribution in [-0.4, -0.2) is 14.7 Å². The van der Waals surface area contributed by atoms with Crippen LogP contribution >= 0.6 is 0 Å². The SMILES string of the molecule is C=CC(C)[As](C(C)C=C)C(C)C=C. The van der Waals surface area contributed by atoms with Gasteiger partial charge in [-0.05, 0) is 0 Å². The van der Waals surface area contributed by atoms with Crippen LogP contribution < -0.4 is 0 Å². The van der Waals surface area contributed by atoms with Crippen molar-refractivity contribution in [3.63, 3.8) is 0 Å². The first-order valence-electron chi connectivity index (χ1n) is 4.73. The number of allylic oxidation sites excluding steroid dienone is 3. The van der Waals surface area contributed by atoms with Crippen LogP contribution in [0.15, 0.2) is 38.0 Å². The summed E-state index contributed by atoms with van der Waals surface area (Å²) in [5, 5.41) is 0. The first-order valence-corrected chi connectivity index (χ1v) is 7.98. The van der Waals surface area contributed by atoms with E-state index in [1.165, 1.54) is 0 Å². The molecule has 0 heterocycles. The first-order chi connectivity index (χ1) is 6.08. The molecule has 0 aliphatic carbocycles. The van der Waals surface area contributed by atoms with E-state index in [-0.39, 0.29) is 0 Å². The van der Waals surface area contributed by atoms with Gasteiger partial charge in [-0.25, -0.2) is 0 Å². The third kappa shape index (κ3) is 3.56. The van der Waals surface area contributed by atoms with Gasteiger partial charge in [0, 0.05) is 0 Å². The number of rotatable bonds is 6. The van der Waals surface area contributed by atoms with Gasteiger partial charge in [-0.2, -0.15) is 0 Å². The Labute approximate surface area is 87.7 Å². The van der Waals surface area contributed by atoms with Crippen LogP contribution in [0.5, 0.6) is 0 Å². The van der Waals surface area contributed by atoms with E-state index in [4.69, 9.17) is 0 Å². The molecule has 74 valence electrons. The predicted molar refractivity (Wildman–Crippen MR) is 64.6 cm³/mol. The maximum atomic E-state index is 3.88. The van der Waals surface area contributed by atoms with Crippen molar-refractivity contribution >= 4 is 14.7 Å². The Morgan fingerprint density at radius 1 is 0.769 bits per heavy atom. The molecule has 0 saturated carbocycles. The van der Waals surface area contributed by atoms with Gasteiger partial charge in [0.25, 0.3) is 0 Å². The zero-order valence-corrected chi connectivity index (χ0v) is 10.9. The van der Waals surface area contributed by atoms with E-state index in [1.807, 2.05) is 0 Å². The number of hydrogen-bond acceptors (Lipinski definition) is 0. The monoisotopic (exact) mass is 240 g/mol. The first kappa shape index (κ1) is 12.8. The average molecular weight is 240 g/mol. The molecule has 0 aliphatic heterocycles. The fourth-order valence-electron chi connectivity index (χ4n) is 1.48. The predicted octanol–water partition coefficient (Wildman–Crippen LogP) is 4.21. The molecule has 0 N–H and O–H groups in total. The van der Waals surface area contributed by atoms with Gasteiger partial charge in [-0.15, -0.1) is 0 Å². The zero-order chi connectivity index (χ0) is 10.4. The van der Waals surface area contributed by atoms with Crippen molar-refractivity contribution in [3.8, 4) is 0 Å². The van der Waals surface area contributed by atoms with E-state index in [1.54, 1.807) is 0 Å². The summed E-state index contributed by atoms with van der Waals surface area (Å²) in [6.45, 7) is 18.5. The topological polar surface area (TPSA) is 0 Å². The molecule has 0 nitrogen and oxygen atoms in total. The van der Waals surface area contributed by atoms with Crippen LogP contribution in [0.25, 0.3) is 0 Å². The van der Waals surface area contributed by atoms with E-state index in [9.17, 15) is 0 Å². The Bertz CT molecular complexity index is 150. The Kier molecular flexibility index (Phi) is 6.16. The minimum absolute atomic E-state index is 0.661. The van der Waals surface area contributed by atoms with Crippen LogP contribution in [0.1, 0.15) is 20.8 Å². The van der Waals surface area contributed by atoms with Gasteiger partial charge in [0.05, 0.1) is 0 Å². The number of hydrogen-bond donors (Lipinski definition) is 0. The molecule has 0 aromatic carbocycles. The summed E-state index contributed by atoms with van der Waals surface area (Å²) < 4.78 is 1.98. The van der Waals surface area contributed by atoms with Crippen LogP contribution in [0.2, 0.25) is 14.1 Å². The van der Waals surface area contributed by atoms with E-state index >= 15 is 0 Å². The molecule has 0 spiro atoms. The summed E-state index contributed by atoms with van der Waals surface area (Å²) >= 11 is -0.943. The Morgan fingerprint density at radius 3 is 1.15 bits per heavy atom. The molecule has 0 amide bonds. The molecule has 0 bridgehead atoms. The van der Waals surface area contributed by atoms with Crippen molar-refractivity contribution < 1.29 is 0 Å². The third-order valence-corrected chi connectivity index (χ3v) is 9.68. The van der Waals surface area contributed by atoms with Gasteiger partial charge in [0.1, 0.15) is 0 Å². The van der Waals surface area contributed by atoms with Crippen molar-refractivity contribution in [1.82, 2.24) is 0 Å². The summed E-state index contributed by atoms with van der Waals surface area (Å²) in [6, 6.07) is 0. The van der Waals surface area contributed by atoms with Crippen LogP contribution in [0.3, 0.4) is 0 Å². The molecule has 0 rings (SSSR count). The van der Waals surface area contributed by atoms with Crippen LogP contribution in [0, 0.1) is 0 Å². The fourth-order valence-corrected chi connectivity index (χ4v) is 7.68. The van der Waals surface area contributed by atoms with Crippen LogP contribution in [0.4, 0.5) is 0 Å². The van der Waals surface area contributed by atoms with E-state index in [2.05, 4.69) is 58.7 Å². The summed E-state index contributed by atoms with van der Waals surface area (Å²) in [6.07, 6.45) is 6.25. The van der Waals surface area contributed by atoms with Crippen LogP contribution in [-0.2, 0) is 0 Å². The van der Waals surface area contributed by atoms with Gasteiger partial charge in [-0.3, -0.25) is 0 Å². The second-order valence-corrected chi connectivity index (χ2v) is 10.4. The standard InChI is InChI=1S/C12H21As/c1-7-10(4)13(11(5)8-2)12(6)9-3/h7-12H,1-3H2,4-6H3. The summed E-state index contributed by atoms with van der Waals surface area (Å²) in [5.74, 6) is 0. The minimum atomic E-state index is -0.943. The van der Waals surface area contributed by atoms with Gasteiger partial charge in [-0.1, -0.05) is 0 Å². The summed E-state index contributed by atoms with van der Waals surface area (Å²) in [5.41, 5.74) is 0. The summed E-state index contributed by atoms with van der Waals surface area (Å²) in [7, 11) is 0. The van der Waals surface area contributed by atoms with Gasteiger partial charge in [0.15, 0.2) is 0 Å². The Morgan fingerprint density at radius 2 is 1.00 bits per heavy atom. The van der Waals surface area contributed by atoms with E-state index in [0.717, 1.165) is 0 Å². The second-order valence-electron chi connectivity index (χ2n) is 3.38. The third-order valence-electron chi connectivity index (χ3n) is 2.43. The maximum absolute atomic E-state index is 3.88. The quantitative estimate of drug-likeness (QED) is 0.482. The van der Waals surface area contributed by atoms with Crippen molar-refractivity contribution in [2.75, 3.05) is 0 Å². The molecule has 3 atom stereocenters. The molecule has 0 radical (unpaired) electrons. The molecule has 1 heteroatoms. The van der Waals surface area contributed by atoms with Crippen molar-refractivity contribution in [2.45, 2.75) is 34.9 Å². The molecule has 0 fully saturated rings. The van der Waals surface area contributed by atoms with E-state index < -0.39 is 14.7 Å². The van der Waals surface area contributed by atoms with E-state index in [0.29, 0.717) is 14.1 Å². The van der Waals surface area contributed by atoms with Crippen molar-refractivity contribution in [1.29, 1.82) is 0 Å². The van der Waals surface area contributed by atoms with Crippen molar-refractivity contribution in [2.24, 2.45) is 0 Å². The molecule has 3 unspecified atom stereocenters. The normalized spacial score (nSPS) is 19.6. The molecular weight excluding hydrogens is 219 g/mol. The Balaban J connectivity index is 4.61. The fraction of sp³-hybridized carbons (Fsp3) is 0.500. The molecule has 0 saturated heterocycles. The molecule has 13 heavy (non-hydrogen) atoms. The molecule has 0 aliphatic rings. The summed E-state index contributed by atoms with van der Waals surface area (Å²) in [4.78, 5) is 0. The van der Waals surface area contributed by atoms with Crippen molar-refractivity contribution in [3.05, 3.63) is 38.0 Å². The zero-order valence-electron chi connectivity index (χ0n) is 9.03. The molecular formula is C12H21As. The van der Waals surface area contributed by atoms with Gasteiger partial charge in [0.2, 0.25) is 0 Å². The second kappa shape index (κ2) is 6.27. The van der Waals surface area contributed by atoms with Gasteiger partial charge < -0.3 is 0 Å². The van der Waals surface area contributed by atoms with Gasteiger partial charge >= 0.3 is 87.5 Å². The molecule has 0 aromatic heterocycles.